The number of carbonyl (C=O) groups excluding carboxylic acids is 2. The van der Waals surface area contributed by atoms with Crippen LogP contribution in [0.3, 0.4) is 0 Å². The largest absolute Gasteiger partial charge is 0.355 e. The predicted molar refractivity (Wildman–Crippen MR) is 117 cm³/mol. The number of nitrogens with one attached hydrogen (secondary N) is 1. The summed E-state index contributed by atoms with van der Waals surface area (Å²) in [6, 6.07) is 15.9. The van der Waals surface area contributed by atoms with E-state index in [-0.39, 0.29) is 11.8 Å². The zero-order valence-corrected chi connectivity index (χ0v) is 18.0. The minimum Gasteiger partial charge on any atom is -0.355 e. The molecule has 0 aromatic heterocycles. The van der Waals surface area contributed by atoms with Crippen LogP contribution >= 0.6 is 11.8 Å². The van der Waals surface area contributed by atoms with E-state index in [1.807, 2.05) is 44.2 Å². The third-order valence-electron chi connectivity index (χ3n) is 4.57. The van der Waals surface area contributed by atoms with Crippen LogP contribution < -0.4 is 5.32 Å². The summed E-state index contributed by atoms with van der Waals surface area (Å²) >= 11 is 1.58. The maximum Gasteiger partial charge on any atom is 0.242 e. The van der Waals surface area contributed by atoms with Crippen molar-refractivity contribution in [3.05, 3.63) is 70.8 Å². The first-order valence-electron chi connectivity index (χ1n) is 9.66. The summed E-state index contributed by atoms with van der Waals surface area (Å²) in [6.45, 7) is 8.76. The molecule has 28 heavy (non-hydrogen) atoms. The second kappa shape index (κ2) is 10.9. The van der Waals surface area contributed by atoms with Gasteiger partial charge in [-0.25, -0.2) is 0 Å². The average molecular weight is 399 g/mol. The SMILES string of the molecule is CCNC(=O)C(C)N(Cc1ccc(C)cc1)C(=O)CSCc1cccc(C)c1. The Morgan fingerprint density at radius 2 is 1.75 bits per heavy atom. The number of aryl methyl sites for hydroxylation is 2. The van der Waals surface area contributed by atoms with Gasteiger partial charge < -0.3 is 10.2 Å². The van der Waals surface area contributed by atoms with Crippen LogP contribution in [-0.2, 0) is 21.9 Å². The maximum atomic E-state index is 12.9. The summed E-state index contributed by atoms with van der Waals surface area (Å²) in [5.41, 5.74) is 4.63. The van der Waals surface area contributed by atoms with E-state index < -0.39 is 6.04 Å². The standard InChI is InChI=1S/C23H30N2O2S/c1-5-24-23(27)19(4)25(14-20-11-9-17(2)10-12-20)22(26)16-28-15-21-8-6-7-18(3)13-21/h6-13,19H,5,14-16H2,1-4H3,(H,24,27). The molecule has 0 heterocycles. The lowest BCUT2D eigenvalue weighted by molar-refractivity contribution is -0.138. The molecule has 0 bridgehead atoms. The molecule has 1 atom stereocenters. The van der Waals surface area contributed by atoms with Crippen LogP contribution in [0.2, 0.25) is 0 Å². The molecule has 2 aromatic carbocycles. The van der Waals surface area contributed by atoms with E-state index in [0.717, 1.165) is 11.3 Å². The topological polar surface area (TPSA) is 49.4 Å². The summed E-state index contributed by atoms with van der Waals surface area (Å²) in [5.74, 6) is 0.994. The van der Waals surface area contributed by atoms with Gasteiger partial charge in [0, 0.05) is 18.8 Å². The average Bonchev–Trinajstić information content (AvgIpc) is 2.67. The Labute approximate surface area is 172 Å². The van der Waals surface area contributed by atoms with Gasteiger partial charge in [-0.3, -0.25) is 9.59 Å². The van der Waals surface area contributed by atoms with E-state index in [1.165, 1.54) is 16.7 Å². The molecule has 0 radical (unpaired) electrons. The molecule has 1 unspecified atom stereocenters. The van der Waals surface area contributed by atoms with Crippen molar-refractivity contribution in [2.45, 2.75) is 46.0 Å². The van der Waals surface area contributed by atoms with Crippen molar-refractivity contribution in [3.63, 3.8) is 0 Å². The van der Waals surface area contributed by atoms with Gasteiger partial charge in [-0.15, -0.1) is 11.8 Å². The normalized spacial score (nSPS) is 11.7. The number of thioether (sulfide) groups is 1. The van der Waals surface area contributed by atoms with E-state index in [9.17, 15) is 9.59 Å². The number of hydrogen-bond donors (Lipinski definition) is 1. The third-order valence-corrected chi connectivity index (χ3v) is 5.56. The number of benzene rings is 2. The molecule has 5 heteroatoms. The van der Waals surface area contributed by atoms with Crippen molar-refractivity contribution in [2.75, 3.05) is 12.3 Å². The van der Waals surface area contributed by atoms with Crippen molar-refractivity contribution in [2.24, 2.45) is 0 Å². The van der Waals surface area contributed by atoms with Gasteiger partial charge >= 0.3 is 0 Å². The molecule has 0 saturated heterocycles. The van der Waals surface area contributed by atoms with Gasteiger partial charge in [0.1, 0.15) is 6.04 Å². The summed E-state index contributed by atoms with van der Waals surface area (Å²) in [6.07, 6.45) is 0. The molecule has 4 nitrogen and oxygen atoms in total. The second-order valence-electron chi connectivity index (χ2n) is 7.06. The molecule has 0 saturated carbocycles. The maximum absolute atomic E-state index is 12.9. The fourth-order valence-corrected chi connectivity index (χ4v) is 3.79. The first-order chi connectivity index (χ1) is 13.4. The van der Waals surface area contributed by atoms with Crippen molar-refractivity contribution in [3.8, 4) is 0 Å². The molecular formula is C23H30N2O2S. The molecule has 2 rings (SSSR count). The van der Waals surface area contributed by atoms with Crippen LogP contribution in [0.4, 0.5) is 0 Å². The Morgan fingerprint density at radius 3 is 2.39 bits per heavy atom. The quantitative estimate of drug-likeness (QED) is 0.692. The Hall–Kier alpha value is -2.27. The van der Waals surface area contributed by atoms with Gasteiger partial charge in [-0.05, 0) is 38.8 Å². The van der Waals surface area contributed by atoms with E-state index in [4.69, 9.17) is 0 Å². The zero-order chi connectivity index (χ0) is 20.5. The van der Waals surface area contributed by atoms with Gasteiger partial charge in [-0.2, -0.15) is 0 Å². The highest BCUT2D eigenvalue weighted by atomic mass is 32.2. The lowest BCUT2D eigenvalue weighted by atomic mass is 10.1. The van der Waals surface area contributed by atoms with E-state index in [2.05, 4.69) is 30.4 Å². The fraction of sp³-hybridized carbons (Fsp3) is 0.391. The van der Waals surface area contributed by atoms with Crippen molar-refractivity contribution in [1.29, 1.82) is 0 Å². The van der Waals surface area contributed by atoms with Gasteiger partial charge in [0.05, 0.1) is 5.75 Å². The van der Waals surface area contributed by atoms with E-state index in [0.29, 0.717) is 18.8 Å². The number of amides is 2. The van der Waals surface area contributed by atoms with Crippen molar-refractivity contribution >= 4 is 23.6 Å². The van der Waals surface area contributed by atoms with E-state index in [1.54, 1.807) is 23.6 Å². The Kier molecular flexibility index (Phi) is 8.58. The van der Waals surface area contributed by atoms with Gasteiger partial charge in [0.2, 0.25) is 11.8 Å². The Morgan fingerprint density at radius 1 is 1.04 bits per heavy atom. The van der Waals surface area contributed by atoms with Crippen LogP contribution in [0.1, 0.15) is 36.1 Å². The summed E-state index contributed by atoms with van der Waals surface area (Å²) in [7, 11) is 0. The molecule has 0 spiro atoms. The van der Waals surface area contributed by atoms with Crippen LogP contribution in [0, 0.1) is 13.8 Å². The molecular weight excluding hydrogens is 368 g/mol. The summed E-state index contributed by atoms with van der Waals surface area (Å²) in [5, 5.41) is 2.82. The first kappa shape index (κ1) is 22.0. The molecule has 0 aliphatic heterocycles. The van der Waals surface area contributed by atoms with Crippen molar-refractivity contribution < 1.29 is 9.59 Å². The Balaban J connectivity index is 2.04. The third kappa shape index (κ3) is 6.71. The molecule has 1 N–H and O–H groups in total. The minimum atomic E-state index is -0.506. The van der Waals surface area contributed by atoms with E-state index >= 15 is 0 Å². The molecule has 0 fully saturated rings. The fourth-order valence-electron chi connectivity index (χ4n) is 2.94. The summed E-state index contributed by atoms with van der Waals surface area (Å²) < 4.78 is 0. The number of likely N-dealkylation sites (N-methyl/N-ethyl adjacent to an activating group) is 1. The highest BCUT2D eigenvalue weighted by molar-refractivity contribution is 7.99. The lowest BCUT2D eigenvalue weighted by Gasteiger charge is -2.28. The number of nitrogens with zero attached hydrogens (tertiary/aromatic N) is 1. The molecule has 150 valence electrons. The van der Waals surface area contributed by atoms with Crippen LogP contribution in [-0.4, -0.2) is 35.1 Å². The van der Waals surface area contributed by atoms with Gasteiger partial charge in [0.25, 0.3) is 0 Å². The number of rotatable bonds is 9. The highest BCUT2D eigenvalue weighted by Gasteiger charge is 2.25. The second-order valence-corrected chi connectivity index (χ2v) is 8.05. The molecule has 0 aliphatic rings. The minimum absolute atomic E-state index is 0.0167. The smallest absolute Gasteiger partial charge is 0.242 e. The van der Waals surface area contributed by atoms with Crippen LogP contribution in [0.25, 0.3) is 0 Å². The number of carbonyl (C=O) groups is 2. The zero-order valence-electron chi connectivity index (χ0n) is 17.2. The first-order valence-corrected chi connectivity index (χ1v) is 10.8. The monoisotopic (exact) mass is 398 g/mol. The van der Waals surface area contributed by atoms with Crippen LogP contribution in [0.15, 0.2) is 48.5 Å². The van der Waals surface area contributed by atoms with Crippen LogP contribution in [0.5, 0.6) is 0 Å². The molecule has 2 aromatic rings. The lowest BCUT2D eigenvalue weighted by Crippen LogP contribution is -2.48. The molecule has 0 aliphatic carbocycles. The Bertz CT molecular complexity index is 789. The van der Waals surface area contributed by atoms with Gasteiger partial charge in [-0.1, -0.05) is 59.7 Å². The highest BCUT2D eigenvalue weighted by Crippen LogP contribution is 2.17. The predicted octanol–water partition coefficient (Wildman–Crippen LogP) is 4.09. The van der Waals surface area contributed by atoms with Crippen molar-refractivity contribution in [1.82, 2.24) is 10.2 Å². The number of hydrogen-bond acceptors (Lipinski definition) is 3. The summed E-state index contributed by atoms with van der Waals surface area (Å²) in [4.78, 5) is 27.0. The van der Waals surface area contributed by atoms with Gasteiger partial charge in [0.15, 0.2) is 0 Å². The molecule has 2 amide bonds.